The molecule has 0 radical (unpaired) electrons. The van der Waals surface area contributed by atoms with Gasteiger partial charge in [0.15, 0.2) is 0 Å². The Kier molecular flexibility index (Phi) is 5.57. The summed E-state index contributed by atoms with van der Waals surface area (Å²) in [5, 5.41) is 4.39. The maximum atomic E-state index is 11.4. The highest BCUT2D eigenvalue weighted by Crippen LogP contribution is 2.34. The highest BCUT2D eigenvalue weighted by Gasteiger charge is 2.22. The minimum Gasteiger partial charge on any atom is -0.469 e. The number of rotatable bonds is 4. The topological polar surface area (TPSA) is 38.3 Å². The summed E-state index contributed by atoms with van der Waals surface area (Å²) in [7, 11) is 1.35. The summed E-state index contributed by atoms with van der Waals surface area (Å²) in [6, 6.07) is 3.01. The number of esters is 1. The van der Waals surface area contributed by atoms with E-state index in [1.165, 1.54) is 7.11 Å². The molecule has 0 aliphatic carbocycles. The van der Waals surface area contributed by atoms with E-state index in [0.29, 0.717) is 20.8 Å². The third kappa shape index (κ3) is 3.67. The number of hydrogen-bond donors (Lipinski definition) is 1. The molecule has 0 aromatic heterocycles. The van der Waals surface area contributed by atoms with E-state index in [1.54, 1.807) is 19.1 Å². The first-order valence-electron chi connectivity index (χ1n) is 5.35. The molecule has 0 aliphatic heterocycles. The Hall–Kier alpha value is -0.640. The lowest BCUT2D eigenvalue weighted by Gasteiger charge is -2.21. The van der Waals surface area contributed by atoms with Crippen molar-refractivity contribution in [2.75, 3.05) is 12.4 Å². The van der Waals surface area contributed by atoms with Crippen molar-refractivity contribution in [3.8, 4) is 0 Å². The molecule has 1 aromatic carbocycles. The zero-order valence-electron chi connectivity index (χ0n) is 10.3. The Morgan fingerprint density at radius 2 is 1.72 bits per heavy atom. The van der Waals surface area contributed by atoms with Gasteiger partial charge in [-0.3, -0.25) is 4.79 Å². The number of nitrogens with one attached hydrogen (secondary N) is 1. The maximum absolute atomic E-state index is 11.4. The third-order valence-corrected chi connectivity index (χ3v) is 3.52. The Labute approximate surface area is 121 Å². The highest BCUT2D eigenvalue weighted by molar-refractivity contribution is 6.41. The van der Waals surface area contributed by atoms with Crippen molar-refractivity contribution in [2.24, 2.45) is 5.92 Å². The summed E-state index contributed by atoms with van der Waals surface area (Å²) >= 11 is 17.9. The Morgan fingerprint density at radius 1 is 1.22 bits per heavy atom. The average molecular weight is 311 g/mol. The molecular formula is C12H14Cl3NO2. The average Bonchev–Trinajstić information content (AvgIpc) is 2.31. The van der Waals surface area contributed by atoms with Crippen molar-refractivity contribution in [1.29, 1.82) is 0 Å². The number of hydrogen-bond acceptors (Lipinski definition) is 3. The monoisotopic (exact) mass is 309 g/mol. The number of ether oxygens (including phenoxy) is 1. The molecule has 0 saturated heterocycles. The van der Waals surface area contributed by atoms with Crippen LogP contribution in [0.4, 0.5) is 5.69 Å². The largest absolute Gasteiger partial charge is 0.469 e. The van der Waals surface area contributed by atoms with Crippen LogP contribution < -0.4 is 5.32 Å². The Balaban J connectivity index is 2.88. The number of carbonyl (C=O) groups is 1. The summed E-state index contributed by atoms with van der Waals surface area (Å²) < 4.78 is 4.68. The van der Waals surface area contributed by atoms with Crippen molar-refractivity contribution in [3.05, 3.63) is 27.2 Å². The van der Waals surface area contributed by atoms with Gasteiger partial charge in [0.25, 0.3) is 0 Å². The number of benzene rings is 1. The Bertz CT molecular complexity index is 428. The van der Waals surface area contributed by atoms with E-state index >= 15 is 0 Å². The van der Waals surface area contributed by atoms with Gasteiger partial charge in [-0.1, -0.05) is 34.8 Å². The first kappa shape index (κ1) is 15.4. The minimum absolute atomic E-state index is 0.173. The fourth-order valence-electron chi connectivity index (χ4n) is 1.42. The molecule has 0 bridgehead atoms. The van der Waals surface area contributed by atoms with Crippen LogP contribution in [0.1, 0.15) is 13.8 Å². The van der Waals surface area contributed by atoms with E-state index in [4.69, 9.17) is 34.8 Å². The number of methoxy groups -OCH3 is 1. The van der Waals surface area contributed by atoms with Crippen molar-refractivity contribution in [1.82, 2.24) is 0 Å². The fraction of sp³-hybridized carbons (Fsp3) is 0.417. The Morgan fingerprint density at radius 3 is 2.17 bits per heavy atom. The zero-order chi connectivity index (χ0) is 13.9. The number of carbonyl (C=O) groups excluding carboxylic acids is 1. The van der Waals surface area contributed by atoms with Gasteiger partial charge in [0.1, 0.15) is 0 Å². The van der Waals surface area contributed by atoms with Crippen LogP contribution in [-0.2, 0) is 9.53 Å². The molecule has 0 fully saturated rings. The predicted octanol–water partition coefficient (Wildman–Crippen LogP) is 4.26. The summed E-state index contributed by atoms with van der Waals surface area (Å²) in [6.45, 7) is 3.62. The number of halogens is 3. The van der Waals surface area contributed by atoms with Gasteiger partial charge in [0, 0.05) is 11.1 Å². The summed E-state index contributed by atoms with van der Waals surface area (Å²) in [4.78, 5) is 11.4. The van der Waals surface area contributed by atoms with Crippen molar-refractivity contribution < 1.29 is 9.53 Å². The maximum Gasteiger partial charge on any atom is 0.310 e. The lowest BCUT2D eigenvalue weighted by molar-refractivity contribution is -0.145. The van der Waals surface area contributed by atoms with Crippen LogP contribution in [0.5, 0.6) is 0 Å². The molecule has 1 rings (SSSR count). The van der Waals surface area contributed by atoms with Crippen LogP contribution in [0.2, 0.25) is 15.1 Å². The van der Waals surface area contributed by atoms with Gasteiger partial charge in [0.2, 0.25) is 0 Å². The highest BCUT2D eigenvalue weighted by atomic mass is 35.5. The predicted molar refractivity (Wildman–Crippen MR) is 75.7 cm³/mol. The fourth-order valence-corrected chi connectivity index (χ4v) is 2.35. The van der Waals surface area contributed by atoms with Crippen molar-refractivity contribution in [3.63, 3.8) is 0 Å². The van der Waals surface area contributed by atoms with Crippen LogP contribution in [0, 0.1) is 5.92 Å². The van der Waals surface area contributed by atoms with E-state index in [1.807, 2.05) is 6.92 Å². The molecule has 0 saturated carbocycles. The standard InChI is InChI=1S/C12H14Cl3NO2/c1-6(12(17)18-3)7(2)16-11-9(14)4-8(13)5-10(11)15/h4-7,16H,1-3H3. The zero-order valence-corrected chi connectivity index (χ0v) is 12.5. The van der Waals surface area contributed by atoms with Gasteiger partial charge in [-0.25, -0.2) is 0 Å². The second-order valence-electron chi connectivity index (χ2n) is 3.99. The molecule has 0 spiro atoms. The first-order valence-corrected chi connectivity index (χ1v) is 6.49. The quantitative estimate of drug-likeness (QED) is 0.845. The summed E-state index contributed by atoms with van der Waals surface area (Å²) in [5.41, 5.74) is 0.561. The van der Waals surface area contributed by atoms with Gasteiger partial charge in [-0.2, -0.15) is 0 Å². The summed E-state index contributed by atoms with van der Waals surface area (Å²) in [5.74, 6) is -0.617. The second-order valence-corrected chi connectivity index (χ2v) is 5.24. The normalized spacial score (nSPS) is 13.9. The first-order chi connectivity index (χ1) is 8.36. The van der Waals surface area contributed by atoms with Gasteiger partial charge in [-0.15, -0.1) is 0 Å². The lowest BCUT2D eigenvalue weighted by Crippen LogP contribution is -2.30. The van der Waals surface area contributed by atoms with Crippen LogP contribution >= 0.6 is 34.8 Å². The molecule has 0 amide bonds. The summed E-state index contributed by atoms with van der Waals surface area (Å²) in [6.07, 6.45) is 0. The van der Waals surface area contributed by atoms with E-state index in [9.17, 15) is 4.79 Å². The molecule has 0 heterocycles. The lowest BCUT2D eigenvalue weighted by atomic mass is 10.0. The van der Waals surface area contributed by atoms with Gasteiger partial charge >= 0.3 is 5.97 Å². The van der Waals surface area contributed by atoms with E-state index in [2.05, 4.69) is 10.1 Å². The van der Waals surface area contributed by atoms with Crippen LogP contribution in [0.3, 0.4) is 0 Å². The van der Waals surface area contributed by atoms with Crippen molar-refractivity contribution in [2.45, 2.75) is 19.9 Å². The van der Waals surface area contributed by atoms with E-state index in [0.717, 1.165) is 0 Å². The third-order valence-electron chi connectivity index (χ3n) is 2.70. The van der Waals surface area contributed by atoms with Crippen LogP contribution in [0.15, 0.2) is 12.1 Å². The van der Waals surface area contributed by atoms with Gasteiger partial charge in [0.05, 0.1) is 28.8 Å². The van der Waals surface area contributed by atoms with Crippen LogP contribution in [0.25, 0.3) is 0 Å². The molecule has 1 aromatic rings. The molecule has 2 unspecified atom stereocenters. The van der Waals surface area contributed by atoms with E-state index < -0.39 is 0 Å². The van der Waals surface area contributed by atoms with Crippen molar-refractivity contribution >= 4 is 46.5 Å². The molecule has 2 atom stereocenters. The second kappa shape index (κ2) is 6.50. The van der Waals surface area contributed by atoms with Gasteiger partial charge in [-0.05, 0) is 26.0 Å². The smallest absolute Gasteiger partial charge is 0.310 e. The molecule has 0 aliphatic rings. The van der Waals surface area contributed by atoms with E-state index in [-0.39, 0.29) is 17.9 Å². The number of anilines is 1. The van der Waals surface area contributed by atoms with Gasteiger partial charge < -0.3 is 10.1 Å². The molecule has 1 N–H and O–H groups in total. The molecule has 6 heteroatoms. The molecule has 100 valence electrons. The SMILES string of the molecule is COC(=O)C(C)C(C)Nc1c(Cl)cc(Cl)cc1Cl. The minimum atomic E-state index is -0.321. The molecular weight excluding hydrogens is 296 g/mol. The molecule has 18 heavy (non-hydrogen) atoms. The van der Waals surface area contributed by atoms with Crippen LogP contribution in [-0.4, -0.2) is 19.1 Å². The molecule has 3 nitrogen and oxygen atoms in total.